The van der Waals surface area contributed by atoms with E-state index in [-0.39, 0.29) is 11.9 Å². The van der Waals surface area contributed by atoms with E-state index < -0.39 is 10.8 Å². The van der Waals surface area contributed by atoms with E-state index in [1.54, 1.807) is 18.3 Å². The van der Waals surface area contributed by atoms with Crippen LogP contribution < -0.4 is 15.4 Å². The SMILES string of the molecule is CC1CCc2c(ccc(C(C=NC3CS(=O)C3)=CN)c2Oc2ccc(F)cc2)N1C. The molecule has 2 aromatic carbocycles. The Bertz CT molecular complexity index is 1010. The fourth-order valence-corrected chi connectivity index (χ4v) is 4.73. The molecule has 1 saturated heterocycles. The second-order valence-electron chi connectivity index (χ2n) is 7.82. The fourth-order valence-electron chi connectivity index (χ4n) is 3.79. The molecule has 2 heterocycles. The third-order valence-electron chi connectivity index (χ3n) is 5.79. The molecule has 0 amide bonds. The molecule has 2 aliphatic rings. The maximum atomic E-state index is 13.4. The number of fused-ring (bicyclic) bond motifs is 1. The molecule has 5 nitrogen and oxygen atoms in total. The lowest BCUT2D eigenvalue weighted by Gasteiger charge is -2.35. The summed E-state index contributed by atoms with van der Waals surface area (Å²) in [7, 11) is 1.33. The Kier molecular flexibility index (Phi) is 5.90. The van der Waals surface area contributed by atoms with E-state index in [0.29, 0.717) is 23.3 Å². The highest BCUT2D eigenvalue weighted by Gasteiger charge is 2.27. The smallest absolute Gasteiger partial charge is 0.140 e. The van der Waals surface area contributed by atoms with Crippen LogP contribution >= 0.6 is 0 Å². The number of rotatable bonds is 5. The van der Waals surface area contributed by atoms with Gasteiger partial charge in [-0.05, 0) is 56.2 Å². The number of benzene rings is 2. The number of hydrogen-bond acceptors (Lipinski definition) is 5. The first-order valence-electron chi connectivity index (χ1n) is 10.1. The summed E-state index contributed by atoms with van der Waals surface area (Å²) in [5.41, 5.74) is 9.77. The maximum absolute atomic E-state index is 13.4. The number of hydrogen-bond donors (Lipinski definition) is 1. The highest BCUT2D eigenvalue weighted by molar-refractivity contribution is 7.86. The van der Waals surface area contributed by atoms with Crippen LogP contribution in [0.4, 0.5) is 10.1 Å². The number of allylic oxidation sites excluding steroid dienone is 1. The lowest BCUT2D eigenvalue weighted by Crippen LogP contribution is -2.35. The van der Waals surface area contributed by atoms with Gasteiger partial charge < -0.3 is 15.4 Å². The van der Waals surface area contributed by atoms with Gasteiger partial charge in [0.05, 0.1) is 6.04 Å². The van der Waals surface area contributed by atoms with E-state index in [1.165, 1.54) is 18.3 Å². The van der Waals surface area contributed by atoms with Gasteiger partial charge in [-0.15, -0.1) is 0 Å². The van der Waals surface area contributed by atoms with Crippen LogP contribution in [-0.2, 0) is 17.2 Å². The predicted molar refractivity (Wildman–Crippen MR) is 121 cm³/mol. The number of aliphatic imine (C=N–C) groups is 1. The molecule has 1 unspecified atom stereocenters. The summed E-state index contributed by atoms with van der Waals surface area (Å²) in [6.07, 6.45) is 5.15. The van der Waals surface area contributed by atoms with Crippen molar-refractivity contribution >= 4 is 28.3 Å². The largest absolute Gasteiger partial charge is 0.456 e. The van der Waals surface area contributed by atoms with Crippen molar-refractivity contribution in [2.45, 2.75) is 31.8 Å². The van der Waals surface area contributed by atoms with Crippen LogP contribution in [0.1, 0.15) is 24.5 Å². The van der Waals surface area contributed by atoms with Gasteiger partial charge in [0.1, 0.15) is 17.3 Å². The van der Waals surface area contributed by atoms with Crippen molar-refractivity contribution in [1.29, 1.82) is 0 Å². The molecule has 0 spiro atoms. The number of nitrogens with zero attached hydrogens (tertiary/aromatic N) is 2. The average Bonchev–Trinajstić information content (AvgIpc) is 2.72. The average molecular weight is 428 g/mol. The first-order valence-corrected chi connectivity index (χ1v) is 11.6. The summed E-state index contributed by atoms with van der Waals surface area (Å²) in [6, 6.07) is 10.6. The summed E-state index contributed by atoms with van der Waals surface area (Å²) in [6.45, 7) is 2.21. The second-order valence-corrected chi connectivity index (χ2v) is 9.37. The lowest BCUT2D eigenvalue weighted by molar-refractivity contribution is 0.466. The van der Waals surface area contributed by atoms with Gasteiger partial charge in [-0.2, -0.15) is 0 Å². The zero-order valence-corrected chi connectivity index (χ0v) is 18.0. The van der Waals surface area contributed by atoms with Crippen LogP contribution in [0.5, 0.6) is 11.5 Å². The van der Waals surface area contributed by atoms with Gasteiger partial charge in [0.25, 0.3) is 0 Å². The molecule has 7 heteroatoms. The normalized spacial score (nSPS) is 23.9. The third kappa shape index (κ3) is 4.12. The molecule has 2 aromatic rings. The Labute approximate surface area is 178 Å². The molecule has 158 valence electrons. The molecule has 2 aliphatic heterocycles. The second kappa shape index (κ2) is 8.60. The molecular formula is C23H26FN3O2S. The van der Waals surface area contributed by atoms with Crippen LogP contribution in [0, 0.1) is 5.82 Å². The summed E-state index contributed by atoms with van der Waals surface area (Å²) < 4.78 is 31.0. The van der Waals surface area contributed by atoms with Gasteiger partial charge in [0, 0.05) is 70.2 Å². The zero-order valence-electron chi connectivity index (χ0n) is 17.2. The van der Waals surface area contributed by atoms with Crippen molar-refractivity contribution < 1.29 is 13.3 Å². The highest BCUT2D eigenvalue weighted by Crippen LogP contribution is 2.42. The number of halogens is 1. The van der Waals surface area contributed by atoms with Crippen molar-refractivity contribution in [2.75, 3.05) is 23.5 Å². The highest BCUT2D eigenvalue weighted by atomic mass is 32.2. The lowest BCUT2D eigenvalue weighted by atomic mass is 9.92. The third-order valence-corrected chi connectivity index (χ3v) is 7.31. The monoisotopic (exact) mass is 427 g/mol. The first-order chi connectivity index (χ1) is 14.5. The topological polar surface area (TPSA) is 67.9 Å². The zero-order chi connectivity index (χ0) is 21.3. The summed E-state index contributed by atoms with van der Waals surface area (Å²) in [5.74, 6) is 2.17. The molecule has 0 radical (unpaired) electrons. The van der Waals surface area contributed by atoms with E-state index in [4.69, 9.17) is 10.5 Å². The van der Waals surface area contributed by atoms with Crippen molar-refractivity contribution in [1.82, 2.24) is 0 Å². The van der Waals surface area contributed by atoms with Gasteiger partial charge in [0.2, 0.25) is 0 Å². The molecule has 4 rings (SSSR count). The summed E-state index contributed by atoms with van der Waals surface area (Å²) in [5, 5.41) is 0. The van der Waals surface area contributed by atoms with E-state index >= 15 is 0 Å². The molecule has 0 bridgehead atoms. The van der Waals surface area contributed by atoms with E-state index in [0.717, 1.165) is 41.0 Å². The van der Waals surface area contributed by atoms with Gasteiger partial charge >= 0.3 is 0 Å². The Hall–Kier alpha value is -2.67. The molecular weight excluding hydrogens is 401 g/mol. The van der Waals surface area contributed by atoms with Crippen molar-refractivity contribution in [3.63, 3.8) is 0 Å². The molecule has 1 atom stereocenters. The molecule has 2 N–H and O–H groups in total. The van der Waals surface area contributed by atoms with Crippen molar-refractivity contribution in [3.05, 3.63) is 59.5 Å². The maximum Gasteiger partial charge on any atom is 0.140 e. The summed E-state index contributed by atoms with van der Waals surface area (Å²) in [4.78, 5) is 6.80. The van der Waals surface area contributed by atoms with Crippen LogP contribution in [-0.4, -0.2) is 41.1 Å². The number of ether oxygens (including phenoxy) is 1. The quantitative estimate of drug-likeness (QED) is 0.735. The number of nitrogens with two attached hydrogens (primary N) is 1. The minimum absolute atomic E-state index is 0.0758. The molecule has 0 aromatic heterocycles. The van der Waals surface area contributed by atoms with Crippen LogP contribution in [0.3, 0.4) is 0 Å². The van der Waals surface area contributed by atoms with Crippen molar-refractivity contribution in [3.8, 4) is 11.5 Å². The Morgan fingerprint density at radius 3 is 2.67 bits per heavy atom. The van der Waals surface area contributed by atoms with E-state index in [2.05, 4.69) is 29.9 Å². The first kappa shape index (κ1) is 20.6. The standard InChI is InChI=1S/C23H26FN3O2S/c1-15-3-8-21-22(27(15)2)10-9-20(16(11-25)12-26-18-13-30(28)14-18)23(21)29-19-6-4-17(24)5-7-19/h4-7,9-12,15,18H,3,8,13-14,25H2,1-2H3. The van der Waals surface area contributed by atoms with Crippen LogP contribution in [0.15, 0.2) is 47.6 Å². The Morgan fingerprint density at radius 2 is 2.00 bits per heavy atom. The Balaban J connectivity index is 1.75. The molecule has 1 fully saturated rings. The van der Waals surface area contributed by atoms with Gasteiger partial charge in [-0.3, -0.25) is 9.20 Å². The van der Waals surface area contributed by atoms with Crippen molar-refractivity contribution in [2.24, 2.45) is 10.7 Å². The van der Waals surface area contributed by atoms with E-state index in [1.807, 2.05) is 6.07 Å². The minimum Gasteiger partial charge on any atom is -0.456 e. The Morgan fingerprint density at radius 1 is 1.27 bits per heavy atom. The molecule has 30 heavy (non-hydrogen) atoms. The van der Waals surface area contributed by atoms with Gasteiger partial charge in [-0.25, -0.2) is 4.39 Å². The van der Waals surface area contributed by atoms with Crippen LogP contribution in [0.2, 0.25) is 0 Å². The molecule has 0 saturated carbocycles. The predicted octanol–water partition coefficient (Wildman–Crippen LogP) is 3.89. The van der Waals surface area contributed by atoms with E-state index in [9.17, 15) is 8.60 Å². The summed E-state index contributed by atoms with van der Waals surface area (Å²) >= 11 is 0. The fraction of sp³-hybridized carbons (Fsp3) is 0.348. The van der Waals surface area contributed by atoms with Crippen LogP contribution in [0.25, 0.3) is 5.57 Å². The molecule has 0 aliphatic carbocycles. The van der Waals surface area contributed by atoms with Gasteiger partial charge in [0.15, 0.2) is 0 Å². The number of anilines is 1. The van der Waals surface area contributed by atoms with Gasteiger partial charge in [-0.1, -0.05) is 0 Å². The minimum atomic E-state index is -0.751.